The van der Waals surface area contributed by atoms with Crippen molar-refractivity contribution in [1.82, 2.24) is 0 Å². The van der Waals surface area contributed by atoms with Gasteiger partial charge in [0.1, 0.15) is 5.75 Å². The van der Waals surface area contributed by atoms with E-state index >= 15 is 0 Å². The van der Waals surface area contributed by atoms with Gasteiger partial charge in [-0.1, -0.05) is 6.07 Å². The van der Waals surface area contributed by atoms with Crippen LogP contribution in [0.1, 0.15) is 17.8 Å². The molecule has 0 aliphatic carbocycles. The molecule has 0 fully saturated rings. The summed E-state index contributed by atoms with van der Waals surface area (Å²) in [7, 11) is 0. The Balaban J connectivity index is 2.06. The lowest BCUT2D eigenvalue weighted by Gasteiger charge is -2.14. The average Bonchev–Trinajstić information content (AvgIpc) is 2.75. The Morgan fingerprint density at radius 2 is 2.05 bits per heavy atom. The molecule has 2 aromatic rings. The lowest BCUT2D eigenvalue weighted by atomic mass is 10.2. The Bertz CT molecular complexity index is 547. The minimum Gasteiger partial charge on any atom is -0.435 e. The molecule has 1 unspecified atom stereocenters. The van der Waals surface area contributed by atoms with Crippen LogP contribution in [0.15, 0.2) is 40.2 Å². The highest BCUT2D eigenvalue weighted by atomic mass is 79.9. The Morgan fingerprint density at radius 1 is 1.26 bits per heavy atom. The molecule has 1 atom stereocenters. The molecular weight excluding hydrogens is 336 g/mol. The van der Waals surface area contributed by atoms with Crippen LogP contribution < -0.4 is 10.1 Å². The fourth-order valence-corrected chi connectivity index (χ4v) is 3.07. The van der Waals surface area contributed by atoms with Gasteiger partial charge in [-0.15, -0.1) is 11.3 Å². The van der Waals surface area contributed by atoms with Gasteiger partial charge in [0.2, 0.25) is 0 Å². The molecule has 0 amide bonds. The molecule has 0 aliphatic heterocycles. The molecule has 19 heavy (non-hydrogen) atoms. The Morgan fingerprint density at radius 3 is 2.68 bits per heavy atom. The first-order chi connectivity index (χ1) is 9.04. The molecule has 1 heterocycles. The van der Waals surface area contributed by atoms with Crippen LogP contribution in [0.25, 0.3) is 0 Å². The predicted molar refractivity (Wildman–Crippen MR) is 77.1 cm³/mol. The third-order valence-corrected chi connectivity index (χ3v) is 4.27. The highest BCUT2D eigenvalue weighted by molar-refractivity contribution is 9.11. The maximum atomic E-state index is 12.1. The zero-order valence-corrected chi connectivity index (χ0v) is 12.5. The van der Waals surface area contributed by atoms with Crippen LogP contribution in [-0.2, 0) is 0 Å². The third-order valence-electron chi connectivity index (χ3n) is 2.46. The van der Waals surface area contributed by atoms with Crippen molar-refractivity contribution in [3.8, 4) is 5.75 Å². The van der Waals surface area contributed by atoms with Crippen LogP contribution in [0.3, 0.4) is 0 Å². The van der Waals surface area contributed by atoms with E-state index in [2.05, 4.69) is 26.0 Å². The number of alkyl halides is 2. The maximum absolute atomic E-state index is 12.1. The van der Waals surface area contributed by atoms with E-state index in [1.54, 1.807) is 23.5 Å². The largest absolute Gasteiger partial charge is 0.435 e. The number of halogens is 3. The van der Waals surface area contributed by atoms with Gasteiger partial charge in [0.05, 0.1) is 9.83 Å². The van der Waals surface area contributed by atoms with E-state index in [9.17, 15) is 8.78 Å². The van der Waals surface area contributed by atoms with Gasteiger partial charge in [0.25, 0.3) is 0 Å². The number of ether oxygens (including phenoxy) is 1. The maximum Gasteiger partial charge on any atom is 0.387 e. The zero-order valence-electron chi connectivity index (χ0n) is 10.1. The van der Waals surface area contributed by atoms with E-state index < -0.39 is 6.61 Å². The lowest BCUT2D eigenvalue weighted by molar-refractivity contribution is -0.0498. The van der Waals surface area contributed by atoms with Crippen LogP contribution in [0.2, 0.25) is 0 Å². The summed E-state index contributed by atoms with van der Waals surface area (Å²) in [6.45, 7) is -0.792. The lowest BCUT2D eigenvalue weighted by Crippen LogP contribution is -2.06. The van der Waals surface area contributed by atoms with Gasteiger partial charge < -0.3 is 10.1 Å². The van der Waals surface area contributed by atoms with Gasteiger partial charge in [-0.25, -0.2) is 0 Å². The van der Waals surface area contributed by atoms with E-state index in [1.807, 2.05) is 25.1 Å². The highest BCUT2D eigenvalue weighted by Crippen LogP contribution is 2.30. The van der Waals surface area contributed by atoms with Crippen molar-refractivity contribution >= 4 is 33.0 Å². The number of hydrogen-bond donors (Lipinski definition) is 1. The van der Waals surface area contributed by atoms with E-state index in [4.69, 9.17) is 0 Å². The molecule has 102 valence electrons. The van der Waals surface area contributed by atoms with Gasteiger partial charge in [0, 0.05) is 16.6 Å². The summed E-state index contributed by atoms with van der Waals surface area (Å²) in [5.74, 6) is 0.152. The van der Waals surface area contributed by atoms with Crippen molar-refractivity contribution < 1.29 is 13.5 Å². The van der Waals surface area contributed by atoms with Crippen LogP contribution in [0.4, 0.5) is 14.5 Å². The monoisotopic (exact) mass is 347 g/mol. The number of hydrogen-bond acceptors (Lipinski definition) is 3. The molecule has 1 N–H and O–H groups in total. The number of thiophene rings is 1. The number of nitrogens with one attached hydrogen (secondary N) is 1. The van der Waals surface area contributed by atoms with Gasteiger partial charge in [-0.05, 0) is 47.1 Å². The molecule has 2 nitrogen and oxygen atoms in total. The van der Waals surface area contributed by atoms with Gasteiger partial charge in [-0.2, -0.15) is 8.78 Å². The standard InChI is InChI=1S/C13H12BrF2NOS/c1-8(11-5-6-12(14)19-11)17-9-3-2-4-10(7-9)18-13(15)16/h2-8,13,17H,1H3. The molecule has 2 rings (SSSR count). The van der Waals surface area contributed by atoms with E-state index in [1.165, 1.54) is 6.07 Å². The van der Waals surface area contributed by atoms with Gasteiger partial charge >= 0.3 is 6.61 Å². The van der Waals surface area contributed by atoms with Crippen molar-refractivity contribution in [1.29, 1.82) is 0 Å². The molecule has 0 saturated carbocycles. The van der Waals surface area contributed by atoms with Crippen LogP contribution in [0, 0.1) is 0 Å². The van der Waals surface area contributed by atoms with Crippen LogP contribution in [0.5, 0.6) is 5.75 Å². The highest BCUT2D eigenvalue weighted by Gasteiger charge is 2.09. The van der Waals surface area contributed by atoms with E-state index in [-0.39, 0.29) is 11.8 Å². The van der Waals surface area contributed by atoms with Crippen LogP contribution in [-0.4, -0.2) is 6.61 Å². The minimum absolute atomic E-state index is 0.0955. The van der Waals surface area contributed by atoms with Crippen molar-refractivity contribution in [3.05, 3.63) is 45.1 Å². The summed E-state index contributed by atoms with van der Waals surface area (Å²) >= 11 is 5.04. The Hall–Kier alpha value is -1.14. The predicted octanol–water partition coefficient (Wildman–Crippen LogP) is 5.29. The average molecular weight is 348 g/mol. The summed E-state index contributed by atoms with van der Waals surface area (Å²) in [5.41, 5.74) is 0.746. The molecule has 1 aromatic carbocycles. The minimum atomic E-state index is -2.80. The van der Waals surface area contributed by atoms with Crippen LogP contribution >= 0.6 is 27.3 Å². The fourth-order valence-electron chi connectivity index (χ4n) is 1.64. The smallest absolute Gasteiger partial charge is 0.387 e. The summed E-state index contributed by atoms with van der Waals surface area (Å²) in [5, 5.41) is 3.25. The number of rotatable bonds is 5. The summed E-state index contributed by atoms with van der Waals surface area (Å²) in [6.07, 6.45) is 0. The van der Waals surface area contributed by atoms with Gasteiger partial charge in [0.15, 0.2) is 0 Å². The third kappa shape index (κ3) is 4.18. The van der Waals surface area contributed by atoms with Gasteiger partial charge in [-0.3, -0.25) is 0 Å². The molecule has 1 aromatic heterocycles. The molecule has 0 radical (unpaired) electrons. The first-order valence-electron chi connectivity index (χ1n) is 5.61. The molecule has 0 bridgehead atoms. The Labute approximate surface area is 122 Å². The van der Waals surface area contributed by atoms with E-state index in [0.717, 1.165) is 14.4 Å². The zero-order chi connectivity index (χ0) is 13.8. The molecule has 0 aliphatic rings. The first kappa shape index (κ1) is 14.3. The molecular formula is C13H12BrF2NOS. The Kier molecular flexibility index (Phi) is 4.76. The number of benzene rings is 1. The second kappa shape index (κ2) is 6.34. The van der Waals surface area contributed by atoms with Crippen molar-refractivity contribution in [2.75, 3.05) is 5.32 Å². The number of anilines is 1. The summed E-state index contributed by atoms with van der Waals surface area (Å²) in [4.78, 5) is 1.16. The van der Waals surface area contributed by atoms with Crippen molar-refractivity contribution in [2.24, 2.45) is 0 Å². The fraction of sp³-hybridized carbons (Fsp3) is 0.231. The van der Waals surface area contributed by atoms with E-state index in [0.29, 0.717) is 0 Å². The quantitative estimate of drug-likeness (QED) is 0.793. The second-order valence-corrected chi connectivity index (χ2v) is 6.41. The molecule has 0 saturated heterocycles. The molecule has 0 spiro atoms. The van der Waals surface area contributed by atoms with Crippen molar-refractivity contribution in [2.45, 2.75) is 19.6 Å². The summed E-state index contributed by atoms with van der Waals surface area (Å²) in [6, 6.07) is 10.7. The second-order valence-electron chi connectivity index (χ2n) is 3.91. The van der Waals surface area contributed by atoms with Crippen molar-refractivity contribution in [3.63, 3.8) is 0 Å². The topological polar surface area (TPSA) is 21.3 Å². The normalized spacial score (nSPS) is 12.5. The first-order valence-corrected chi connectivity index (χ1v) is 7.22. The summed E-state index contributed by atoms with van der Waals surface area (Å²) < 4.78 is 29.7. The molecule has 6 heteroatoms. The SMILES string of the molecule is CC(Nc1cccc(OC(F)F)c1)c1ccc(Br)s1.